The summed E-state index contributed by atoms with van der Waals surface area (Å²) in [7, 11) is 3.58. The lowest BCUT2D eigenvalue weighted by Gasteiger charge is -2.40. The molecular formula is C43H52N10O4. The first-order valence-corrected chi connectivity index (χ1v) is 20.6. The molecule has 0 bridgehead atoms. The lowest BCUT2D eigenvalue weighted by molar-refractivity contribution is -0.136. The molecule has 4 fully saturated rings. The Kier molecular flexibility index (Phi) is 10.1. The normalized spacial score (nSPS) is 21.1. The van der Waals surface area contributed by atoms with E-state index >= 15 is 0 Å². The summed E-state index contributed by atoms with van der Waals surface area (Å²) in [6.07, 6.45) is 9.16. The highest BCUT2D eigenvalue weighted by Gasteiger charge is 2.39. The van der Waals surface area contributed by atoms with E-state index in [1.165, 1.54) is 18.5 Å². The number of piperidine rings is 2. The zero-order chi connectivity index (χ0) is 39.2. The molecule has 4 amide bonds. The Morgan fingerprint density at radius 2 is 1.58 bits per heavy atom. The predicted octanol–water partition coefficient (Wildman–Crippen LogP) is 4.79. The lowest BCUT2D eigenvalue weighted by Crippen LogP contribution is -2.52. The van der Waals surface area contributed by atoms with E-state index in [0.717, 1.165) is 99.5 Å². The van der Waals surface area contributed by atoms with Gasteiger partial charge in [-0.3, -0.25) is 29.4 Å². The predicted molar refractivity (Wildman–Crippen MR) is 219 cm³/mol. The van der Waals surface area contributed by atoms with E-state index in [4.69, 9.17) is 4.98 Å². The number of carbonyl (C=O) groups excluding carboxylic acids is 4. The van der Waals surface area contributed by atoms with E-state index in [0.29, 0.717) is 36.1 Å². The fourth-order valence-corrected chi connectivity index (χ4v) is 9.56. The molecule has 14 heteroatoms. The van der Waals surface area contributed by atoms with E-state index in [9.17, 15) is 19.2 Å². The third-order valence-corrected chi connectivity index (χ3v) is 12.8. The fourth-order valence-electron chi connectivity index (χ4n) is 9.56. The first-order chi connectivity index (χ1) is 27.7. The van der Waals surface area contributed by atoms with Gasteiger partial charge in [-0.15, -0.1) is 0 Å². The van der Waals surface area contributed by atoms with Crippen molar-refractivity contribution in [1.82, 2.24) is 34.6 Å². The molecule has 1 saturated carbocycles. The Morgan fingerprint density at radius 1 is 0.860 bits per heavy atom. The van der Waals surface area contributed by atoms with Gasteiger partial charge in [0.25, 0.3) is 11.8 Å². The van der Waals surface area contributed by atoms with E-state index in [2.05, 4.69) is 65.2 Å². The lowest BCUT2D eigenvalue weighted by atomic mass is 9.95. The molecule has 1 atom stereocenters. The number of fused-ring (bicyclic) bond motifs is 2. The van der Waals surface area contributed by atoms with Crippen LogP contribution in [0.5, 0.6) is 0 Å². The third kappa shape index (κ3) is 7.42. The molecular weight excluding hydrogens is 721 g/mol. The monoisotopic (exact) mass is 772 g/mol. The van der Waals surface area contributed by atoms with Crippen LogP contribution in [-0.2, 0) is 16.1 Å². The van der Waals surface area contributed by atoms with Crippen molar-refractivity contribution in [2.75, 3.05) is 75.0 Å². The Morgan fingerprint density at radius 3 is 2.30 bits per heavy atom. The van der Waals surface area contributed by atoms with Gasteiger partial charge in [-0.1, -0.05) is 12.8 Å². The molecule has 5 aliphatic rings. The van der Waals surface area contributed by atoms with Gasteiger partial charge in [-0.25, -0.2) is 4.98 Å². The summed E-state index contributed by atoms with van der Waals surface area (Å²) in [6.45, 7) is 7.54. The topological polar surface area (TPSA) is 139 Å². The van der Waals surface area contributed by atoms with Crippen molar-refractivity contribution in [1.29, 1.82) is 0 Å². The van der Waals surface area contributed by atoms with Crippen LogP contribution in [-0.4, -0.2) is 119 Å². The average molecular weight is 773 g/mol. The third-order valence-electron chi connectivity index (χ3n) is 12.8. The van der Waals surface area contributed by atoms with Crippen molar-refractivity contribution in [2.24, 2.45) is 5.92 Å². The minimum atomic E-state index is -0.590. The van der Waals surface area contributed by atoms with Gasteiger partial charge < -0.3 is 29.5 Å². The molecule has 2 aromatic carbocycles. The van der Waals surface area contributed by atoms with Crippen molar-refractivity contribution in [2.45, 2.75) is 70.0 Å². The van der Waals surface area contributed by atoms with Gasteiger partial charge in [0.05, 0.1) is 0 Å². The number of hydrogen-bond donors (Lipinski definition) is 2. The fraction of sp³-hybridized carbons (Fsp3) is 0.488. The largest absolute Gasteiger partial charge is 0.372 e. The first kappa shape index (κ1) is 37.1. The summed E-state index contributed by atoms with van der Waals surface area (Å²) in [5.41, 5.74) is 6.38. The summed E-state index contributed by atoms with van der Waals surface area (Å²) in [5.74, 6) is 0.396. The molecule has 2 aromatic heterocycles. The summed E-state index contributed by atoms with van der Waals surface area (Å²) < 4.78 is 2.14. The molecule has 1 unspecified atom stereocenters. The van der Waals surface area contributed by atoms with Crippen molar-refractivity contribution in [3.8, 4) is 0 Å². The molecule has 9 rings (SSSR count). The molecule has 3 saturated heterocycles. The van der Waals surface area contributed by atoms with Gasteiger partial charge in [-0.05, 0) is 92.1 Å². The van der Waals surface area contributed by atoms with Crippen LogP contribution < -0.4 is 20.4 Å². The van der Waals surface area contributed by atoms with E-state index in [1.807, 2.05) is 24.4 Å². The summed E-state index contributed by atoms with van der Waals surface area (Å²) >= 11 is 0. The van der Waals surface area contributed by atoms with Gasteiger partial charge in [0.2, 0.25) is 17.8 Å². The number of amides is 4. The van der Waals surface area contributed by atoms with E-state index in [-0.39, 0.29) is 36.1 Å². The smallest absolute Gasteiger partial charge is 0.270 e. The van der Waals surface area contributed by atoms with E-state index < -0.39 is 6.04 Å². The molecule has 298 valence electrons. The van der Waals surface area contributed by atoms with Crippen molar-refractivity contribution in [3.05, 3.63) is 71.5 Å². The van der Waals surface area contributed by atoms with Crippen molar-refractivity contribution >= 4 is 57.7 Å². The van der Waals surface area contributed by atoms with Crippen molar-refractivity contribution < 1.29 is 19.2 Å². The van der Waals surface area contributed by atoms with Crippen LogP contribution >= 0.6 is 0 Å². The van der Waals surface area contributed by atoms with Gasteiger partial charge in [0.1, 0.15) is 17.4 Å². The molecule has 14 nitrogen and oxygen atoms in total. The molecule has 1 aliphatic carbocycles. The number of nitrogens with one attached hydrogen (secondary N) is 2. The molecule has 2 N–H and O–H groups in total. The van der Waals surface area contributed by atoms with Crippen LogP contribution in [0.15, 0.2) is 54.7 Å². The summed E-state index contributed by atoms with van der Waals surface area (Å²) in [4.78, 5) is 70.6. The summed E-state index contributed by atoms with van der Waals surface area (Å²) in [5, 5.41) is 6.67. The number of rotatable bonds is 9. The van der Waals surface area contributed by atoms with E-state index in [1.54, 1.807) is 23.9 Å². The number of benzene rings is 2. The SMILES string of the molecule is CN(C)C(=O)c1cc2cnc(Nc3ccc(N4CCN(CC5CCN(c6ccc7c(c6)CN(C6CCC(=O)NC6=O)C7=O)CC5)CC4)cc3)nc2n1C1CCCC1. The second-order valence-electron chi connectivity index (χ2n) is 16.6. The standard InChI is InChI=1S/C43H52N10O4/c1-48(2)42(57)37-24-29-25-44-43(47-39(29)53(37)33-5-3-4-6-33)45-31-7-9-32(10-8-31)51-21-19-49(20-22-51)26-28-15-17-50(18-16-28)34-11-12-35-30(23-34)27-52(41(35)56)36-13-14-38(54)46-40(36)55/h7-12,23-25,28,33,36H,3-6,13-22,26-27H2,1-2H3,(H,44,45,47)(H,46,54,55). The second kappa shape index (κ2) is 15.4. The molecule has 6 heterocycles. The molecule has 57 heavy (non-hydrogen) atoms. The number of carbonyl (C=O) groups is 4. The van der Waals surface area contributed by atoms with Crippen molar-refractivity contribution in [3.63, 3.8) is 0 Å². The quantitative estimate of drug-likeness (QED) is 0.229. The van der Waals surface area contributed by atoms with Gasteiger partial charge >= 0.3 is 0 Å². The summed E-state index contributed by atoms with van der Waals surface area (Å²) in [6, 6.07) is 16.2. The number of aromatic nitrogens is 3. The Labute approximate surface area is 333 Å². The average Bonchev–Trinajstić information content (AvgIpc) is 3.96. The zero-order valence-electron chi connectivity index (χ0n) is 33.0. The van der Waals surface area contributed by atoms with Crippen LogP contribution in [0.2, 0.25) is 0 Å². The maximum absolute atomic E-state index is 13.1. The number of nitrogens with zero attached hydrogens (tertiary/aromatic N) is 8. The Hall–Kier alpha value is -5.50. The minimum absolute atomic E-state index is 0.0105. The Bertz CT molecular complexity index is 2180. The number of piperazine rings is 1. The van der Waals surface area contributed by atoms with Crippen LogP contribution in [0.3, 0.4) is 0 Å². The number of anilines is 4. The van der Waals surface area contributed by atoms with Crippen LogP contribution in [0.4, 0.5) is 23.0 Å². The highest BCUT2D eigenvalue weighted by atomic mass is 16.2. The number of imide groups is 1. The molecule has 4 aromatic rings. The Balaban J connectivity index is 0.755. The highest BCUT2D eigenvalue weighted by Crippen LogP contribution is 2.36. The van der Waals surface area contributed by atoms with Crippen LogP contribution in [0, 0.1) is 5.92 Å². The maximum atomic E-state index is 13.1. The number of hydrogen-bond acceptors (Lipinski definition) is 10. The second-order valence-corrected chi connectivity index (χ2v) is 16.6. The van der Waals surface area contributed by atoms with Gasteiger partial charge in [0, 0.05) is 113 Å². The van der Waals surface area contributed by atoms with Crippen LogP contribution in [0.25, 0.3) is 11.0 Å². The van der Waals surface area contributed by atoms with Gasteiger partial charge in [0.15, 0.2) is 0 Å². The molecule has 0 spiro atoms. The van der Waals surface area contributed by atoms with Crippen LogP contribution in [0.1, 0.15) is 83.8 Å². The molecule has 0 radical (unpaired) electrons. The molecule has 4 aliphatic heterocycles. The minimum Gasteiger partial charge on any atom is -0.372 e. The first-order valence-electron chi connectivity index (χ1n) is 20.6. The highest BCUT2D eigenvalue weighted by molar-refractivity contribution is 6.05. The maximum Gasteiger partial charge on any atom is 0.270 e. The zero-order valence-corrected chi connectivity index (χ0v) is 33.0. The van der Waals surface area contributed by atoms with Gasteiger partial charge in [-0.2, -0.15) is 4.98 Å².